The van der Waals surface area contributed by atoms with Crippen molar-refractivity contribution >= 4 is 62.4 Å². The normalized spacial score (nSPS) is 10.7. The van der Waals surface area contributed by atoms with Crippen molar-refractivity contribution in [2.24, 2.45) is 0 Å². The van der Waals surface area contributed by atoms with Gasteiger partial charge >= 0.3 is 0 Å². The van der Waals surface area contributed by atoms with Gasteiger partial charge in [-0.15, -0.1) is 16.8 Å². The van der Waals surface area contributed by atoms with Gasteiger partial charge in [0.05, 0.1) is 10.7 Å². The predicted octanol–water partition coefficient (Wildman–Crippen LogP) is 5.93. The minimum Gasteiger partial charge on any atom is -0.333 e. The molecule has 0 atom stereocenters. The van der Waals surface area contributed by atoms with E-state index in [-0.39, 0.29) is 11.4 Å². The van der Waals surface area contributed by atoms with Crippen LogP contribution in [-0.4, -0.2) is 14.8 Å². The number of thioether (sulfide) groups is 1. The first kappa shape index (κ1) is 20.9. The van der Waals surface area contributed by atoms with Gasteiger partial charge in [0.15, 0.2) is 5.16 Å². The highest BCUT2D eigenvalue weighted by Gasteiger charge is 2.14. The molecule has 0 aliphatic heterocycles. The highest BCUT2D eigenvalue weighted by molar-refractivity contribution is 9.10. The third-order valence-corrected chi connectivity index (χ3v) is 5.82. The quantitative estimate of drug-likeness (QED) is 0.323. The zero-order chi connectivity index (χ0) is 20.1. The van der Waals surface area contributed by atoms with Gasteiger partial charge in [0, 0.05) is 21.8 Å². The number of halogens is 3. The number of nitrogens with one attached hydrogen (secondary N) is 1. The first-order chi connectivity index (χ1) is 13.5. The number of nitrogens with zero attached hydrogens (tertiary/aromatic N) is 3. The van der Waals surface area contributed by atoms with Gasteiger partial charge < -0.3 is 5.32 Å². The molecule has 9 heteroatoms. The fraction of sp³-hybridized carbons (Fsp3) is 0.105. The maximum atomic E-state index is 12.9. The van der Waals surface area contributed by atoms with Crippen molar-refractivity contribution in [2.75, 3.05) is 5.32 Å². The summed E-state index contributed by atoms with van der Waals surface area (Å²) in [6.07, 6.45) is 1.64. The highest BCUT2D eigenvalue weighted by Crippen LogP contribution is 2.27. The minimum absolute atomic E-state index is 0.0685. The third kappa shape index (κ3) is 5.17. The molecular formula is C19H15BrCl2N4OS. The molecule has 0 radical (unpaired) electrons. The fourth-order valence-electron chi connectivity index (χ4n) is 2.33. The molecule has 0 aliphatic rings. The van der Waals surface area contributed by atoms with E-state index in [0.717, 1.165) is 10.0 Å². The summed E-state index contributed by atoms with van der Waals surface area (Å²) in [7, 11) is 0. The second-order valence-corrected chi connectivity index (χ2v) is 8.40. The molecule has 5 nitrogen and oxygen atoms in total. The molecule has 2 aromatic carbocycles. The van der Waals surface area contributed by atoms with Crippen molar-refractivity contribution in [1.82, 2.24) is 14.8 Å². The van der Waals surface area contributed by atoms with Crippen molar-refractivity contribution < 1.29 is 0 Å². The van der Waals surface area contributed by atoms with Crippen LogP contribution in [0.4, 0.5) is 11.5 Å². The summed E-state index contributed by atoms with van der Waals surface area (Å²) in [5.74, 6) is 0.727. The summed E-state index contributed by atoms with van der Waals surface area (Å²) < 4.78 is 2.53. The van der Waals surface area contributed by atoms with E-state index in [1.807, 2.05) is 24.3 Å². The lowest BCUT2D eigenvalue weighted by Gasteiger charge is -2.12. The number of anilines is 2. The summed E-state index contributed by atoms with van der Waals surface area (Å²) >= 11 is 17.0. The van der Waals surface area contributed by atoms with Gasteiger partial charge in [-0.1, -0.05) is 69.1 Å². The molecule has 1 N–H and O–H groups in total. The van der Waals surface area contributed by atoms with Crippen molar-refractivity contribution in [1.29, 1.82) is 0 Å². The maximum absolute atomic E-state index is 12.9. The Morgan fingerprint density at radius 1 is 1.18 bits per heavy atom. The monoisotopic (exact) mass is 496 g/mol. The Balaban J connectivity index is 1.87. The van der Waals surface area contributed by atoms with Crippen molar-refractivity contribution in [3.8, 4) is 0 Å². The Morgan fingerprint density at radius 3 is 2.64 bits per heavy atom. The Kier molecular flexibility index (Phi) is 7.18. The standard InChI is InChI=1S/C19H15BrCl2N4OS/c1-2-9-26-18(27)17(23-16-10-14(21)7-8-15(16)22)24-25-19(26)28-11-12-3-5-13(20)6-4-12/h2-8,10H,1,9,11H2,(H,23,24). The largest absolute Gasteiger partial charge is 0.333 e. The Labute approximate surface area is 184 Å². The van der Waals surface area contributed by atoms with E-state index < -0.39 is 0 Å². The average molecular weight is 498 g/mol. The molecular weight excluding hydrogens is 483 g/mol. The first-order valence-corrected chi connectivity index (χ1v) is 10.7. The van der Waals surface area contributed by atoms with Gasteiger partial charge in [-0.3, -0.25) is 9.36 Å². The molecule has 28 heavy (non-hydrogen) atoms. The van der Waals surface area contributed by atoms with Gasteiger partial charge in [-0.25, -0.2) is 0 Å². The van der Waals surface area contributed by atoms with Crippen LogP contribution >= 0.6 is 50.9 Å². The highest BCUT2D eigenvalue weighted by atomic mass is 79.9. The van der Waals surface area contributed by atoms with E-state index in [2.05, 4.69) is 38.0 Å². The molecule has 3 aromatic rings. The number of rotatable bonds is 7. The van der Waals surface area contributed by atoms with Crippen LogP contribution in [0.2, 0.25) is 10.0 Å². The van der Waals surface area contributed by atoms with E-state index in [0.29, 0.717) is 33.2 Å². The first-order valence-electron chi connectivity index (χ1n) is 8.15. The lowest BCUT2D eigenvalue weighted by Crippen LogP contribution is -2.26. The lowest BCUT2D eigenvalue weighted by atomic mass is 10.2. The number of hydrogen-bond donors (Lipinski definition) is 1. The van der Waals surface area contributed by atoms with Crippen LogP contribution in [0.5, 0.6) is 0 Å². The molecule has 0 saturated carbocycles. The average Bonchev–Trinajstić information content (AvgIpc) is 2.68. The predicted molar refractivity (Wildman–Crippen MR) is 120 cm³/mol. The number of hydrogen-bond acceptors (Lipinski definition) is 5. The summed E-state index contributed by atoms with van der Waals surface area (Å²) in [5.41, 5.74) is 1.28. The summed E-state index contributed by atoms with van der Waals surface area (Å²) in [5, 5.41) is 12.6. The molecule has 0 bridgehead atoms. The van der Waals surface area contributed by atoms with Gasteiger partial charge in [-0.05, 0) is 35.9 Å². The van der Waals surface area contributed by atoms with Gasteiger partial charge in [0.2, 0.25) is 5.82 Å². The van der Waals surface area contributed by atoms with Crippen LogP contribution in [0.15, 0.2) is 69.5 Å². The minimum atomic E-state index is -0.316. The zero-order valence-electron chi connectivity index (χ0n) is 14.5. The van der Waals surface area contributed by atoms with Crippen LogP contribution in [0, 0.1) is 0 Å². The molecule has 0 aliphatic carbocycles. The van der Waals surface area contributed by atoms with Crippen molar-refractivity contribution in [3.05, 3.63) is 85.6 Å². The second-order valence-electron chi connectivity index (χ2n) is 5.70. The smallest absolute Gasteiger partial charge is 0.297 e. The van der Waals surface area contributed by atoms with Crippen molar-refractivity contribution in [2.45, 2.75) is 17.5 Å². The van der Waals surface area contributed by atoms with Gasteiger partial charge in [-0.2, -0.15) is 0 Å². The maximum Gasteiger partial charge on any atom is 0.297 e. The van der Waals surface area contributed by atoms with Crippen molar-refractivity contribution in [3.63, 3.8) is 0 Å². The topological polar surface area (TPSA) is 59.8 Å². The van der Waals surface area contributed by atoms with Crippen LogP contribution in [0.3, 0.4) is 0 Å². The van der Waals surface area contributed by atoms with E-state index in [1.165, 1.54) is 16.3 Å². The van der Waals surface area contributed by atoms with E-state index >= 15 is 0 Å². The molecule has 0 spiro atoms. The van der Waals surface area contributed by atoms with E-state index in [1.54, 1.807) is 24.3 Å². The molecule has 1 aromatic heterocycles. The van der Waals surface area contributed by atoms with Crippen LogP contribution in [0.1, 0.15) is 5.56 Å². The van der Waals surface area contributed by atoms with Gasteiger partial charge in [0.25, 0.3) is 5.56 Å². The molecule has 3 rings (SSSR count). The molecule has 0 saturated heterocycles. The zero-order valence-corrected chi connectivity index (χ0v) is 18.4. The van der Waals surface area contributed by atoms with Crippen LogP contribution in [0.25, 0.3) is 0 Å². The second kappa shape index (κ2) is 9.60. The summed E-state index contributed by atoms with van der Waals surface area (Å²) in [6.45, 7) is 4.04. The lowest BCUT2D eigenvalue weighted by molar-refractivity contribution is 0.626. The summed E-state index contributed by atoms with van der Waals surface area (Å²) in [4.78, 5) is 12.9. The summed E-state index contributed by atoms with van der Waals surface area (Å²) in [6, 6.07) is 12.9. The third-order valence-electron chi connectivity index (χ3n) is 3.69. The number of benzene rings is 2. The molecule has 0 fully saturated rings. The molecule has 1 heterocycles. The van der Waals surface area contributed by atoms with Gasteiger partial charge in [0.1, 0.15) is 0 Å². The number of allylic oxidation sites excluding steroid dienone is 1. The number of aromatic nitrogens is 3. The molecule has 0 unspecified atom stereocenters. The SMILES string of the molecule is C=CCn1c(SCc2ccc(Br)cc2)nnc(Nc2cc(Cl)ccc2Cl)c1=O. The molecule has 144 valence electrons. The van der Waals surface area contributed by atoms with Crippen LogP contribution in [-0.2, 0) is 12.3 Å². The Morgan fingerprint density at radius 2 is 1.93 bits per heavy atom. The van der Waals surface area contributed by atoms with E-state index in [9.17, 15) is 4.79 Å². The Hall–Kier alpha value is -1.80. The fourth-order valence-corrected chi connectivity index (χ4v) is 3.83. The van der Waals surface area contributed by atoms with E-state index in [4.69, 9.17) is 23.2 Å². The molecule has 0 amide bonds. The van der Waals surface area contributed by atoms with Crippen LogP contribution < -0.4 is 10.9 Å². The Bertz CT molecular complexity index is 1060.